The lowest BCUT2D eigenvalue weighted by molar-refractivity contribution is -0.143. The van der Waals surface area contributed by atoms with Gasteiger partial charge in [-0.25, -0.2) is 4.39 Å². The molecule has 0 radical (unpaired) electrons. The number of carbonyl (C=O) groups is 1. The Balaban J connectivity index is 2.02. The van der Waals surface area contributed by atoms with Crippen LogP contribution in [0, 0.1) is 11.7 Å². The van der Waals surface area contributed by atoms with Crippen LogP contribution >= 0.6 is 11.6 Å². The van der Waals surface area contributed by atoms with Crippen LogP contribution in [0.3, 0.4) is 0 Å². The van der Waals surface area contributed by atoms with E-state index in [1.807, 2.05) is 30.3 Å². The molecule has 1 aliphatic heterocycles. The third-order valence-corrected chi connectivity index (χ3v) is 4.88. The molecule has 0 bridgehead atoms. The van der Waals surface area contributed by atoms with Crippen molar-refractivity contribution in [3.63, 3.8) is 0 Å². The Bertz CT molecular complexity index is 737. The first-order valence-corrected chi connectivity index (χ1v) is 8.41. The van der Waals surface area contributed by atoms with Crippen LogP contribution in [-0.4, -0.2) is 29.1 Å². The molecule has 1 N–H and O–H groups in total. The maximum absolute atomic E-state index is 13.8. The fraction of sp³-hybridized carbons (Fsp3) is 0.316. The van der Waals surface area contributed by atoms with Crippen LogP contribution in [0.15, 0.2) is 48.5 Å². The third kappa shape index (κ3) is 3.60. The number of likely N-dealkylation sites (tertiary alicyclic amines) is 1. The minimum Gasteiger partial charge on any atom is -0.481 e. The number of nitrogens with zero attached hydrogens (tertiary/aromatic N) is 1. The highest BCUT2D eigenvalue weighted by atomic mass is 35.5. The van der Waals surface area contributed by atoms with Crippen LogP contribution in [0.1, 0.15) is 30.0 Å². The number of piperidine rings is 1. The fourth-order valence-corrected chi connectivity index (χ4v) is 3.64. The summed E-state index contributed by atoms with van der Waals surface area (Å²) in [6, 6.07) is 13.7. The van der Waals surface area contributed by atoms with Crippen LogP contribution in [0.25, 0.3) is 0 Å². The van der Waals surface area contributed by atoms with Crippen molar-refractivity contribution in [2.75, 3.05) is 13.1 Å². The molecule has 1 saturated heterocycles. The second kappa shape index (κ2) is 7.32. The van der Waals surface area contributed by atoms with Crippen LogP contribution < -0.4 is 0 Å². The number of benzene rings is 2. The predicted octanol–water partition coefficient (Wildman–Crippen LogP) is 4.37. The van der Waals surface area contributed by atoms with Gasteiger partial charge in [-0.3, -0.25) is 9.69 Å². The van der Waals surface area contributed by atoms with E-state index in [0.717, 1.165) is 24.1 Å². The first-order valence-electron chi connectivity index (χ1n) is 8.03. The Hall–Kier alpha value is -1.91. The van der Waals surface area contributed by atoms with E-state index in [-0.39, 0.29) is 11.9 Å². The van der Waals surface area contributed by atoms with E-state index >= 15 is 0 Å². The molecule has 0 spiro atoms. The molecule has 24 heavy (non-hydrogen) atoms. The highest BCUT2D eigenvalue weighted by Gasteiger charge is 2.32. The monoisotopic (exact) mass is 347 g/mol. The van der Waals surface area contributed by atoms with E-state index in [1.54, 1.807) is 6.07 Å². The molecule has 2 aromatic rings. The van der Waals surface area contributed by atoms with Gasteiger partial charge < -0.3 is 5.11 Å². The summed E-state index contributed by atoms with van der Waals surface area (Å²) in [5.74, 6) is -1.49. The summed E-state index contributed by atoms with van der Waals surface area (Å²) in [6.07, 6.45) is 1.47. The zero-order valence-corrected chi connectivity index (χ0v) is 13.9. The smallest absolute Gasteiger partial charge is 0.307 e. The van der Waals surface area contributed by atoms with E-state index in [1.165, 1.54) is 12.1 Å². The Morgan fingerprint density at radius 3 is 2.75 bits per heavy atom. The van der Waals surface area contributed by atoms with E-state index in [0.29, 0.717) is 18.0 Å². The van der Waals surface area contributed by atoms with Crippen LogP contribution in [-0.2, 0) is 4.79 Å². The molecule has 0 amide bonds. The van der Waals surface area contributed by atoms with Gasteiger partial charge >= 0.3 is 5.97 Å². The second-order valence-electron chi connectivity index (χ2n) is 6.15. The summed E-state index contributed by atoms with van der Waals surface area (Å²) in [7, 11) is 0. The number of hydrogen-bond donors (Lipinski definition) is 1. The molecule has 0 saturated carbocycles. The average Bonchev–Trinajstić information content (AvgIpc) is 2.57. The Morgan fingerprint density at radius 2 is 2.04 bits per heavy atom. The highest BCUT2D eigenvalue weighted by molar-refractivity contribution is 6.31. The molecule has 2 unspecified atom stereocenters. The second-order valence-corrected chi connectivity index (χ2v) is 6.56. The number of hydrogen-bond acceptors (Lipinski definition) is 2. The zero-order valence-electron chi connectivity index (χ0n) is 13.2. The van der Waals surface area contributed by atoms with Gasteiger partial charge in [-0.15, -0.1) is 0 Å². The van der Waals surface area contributed by atoms with Gasteiger partial charge in [0.15, 0.2) is 0 Å². The molecule has 0 aromatic heterocycles. The standard InChI is InChI=1S/C19H19ClFNO2/c20-17-9-2-1-8-16(17)18(13-5-3-7-15(21)11-13)22-10-4-6-14(12-22)19(23)24/h1-3,5,7-9,11,14,18H,4,6,10,12H2,(H,23,24). The van der Waals surface area contributed by atoms with Crippen molar-refractivity contribution in [3.8, 4) is 0 Å². The fourth-order valence-electron chi connectivity index (χ4n) is 3.40. The maximum atomic E-state index is 13.8. The third-order valence-electron chi connectivity index (χ3n) is 4.53. The van der Waals surface area contributed by atoms with Crippen molar-refractivity contribution in [3.05, 3.63) is 70.5 Å². The molecule has 2 aromatic carbocycles. The Labute approximate surface area is 145 Å². The van der Waals surface area contributed by atoms with E-state index in [9.17, 15) is 14.3 Å². The van der Waals surface area contributed by atoms with Crippen LogP contribution in [0.4, 0.5) is 4.39 Å². The summed E-state index contributed by atoms with van der Waals surface area (Å²) in [5.41, 5.74) is 1.66. The first-order chi connectivity index (χ1) is 11.6. The van der Waals surface area contributed by atoms with Crippen molar-refractivity contribution in [2.24, 2.45) is 5.92 Å². The molecule has 0 aliphatic carbocycles. The minimum atomic E-state index is -0.781. The van der Waals surface area contributed by atoms with E-state index in [4.69, 9.17) is 11.6 Å². The maximum Gasteiger partial charge on any atom is 0.307 e. The van der Waals surface area contributed by atoms with Crippen molar-refractivity contribution >= 4 is 17.6 Å². The van der Waals surface area contributed by atoms with Crippen molar-refractivity contribution < 1.29 is 14.3 Å². The normalized spacial score (nSPS) is 19.8. The van der Waals surface area contributed by atoms with Gasteiger partial charge in [0, 0.05) is 11.6 Å². The first kappa shape index (κ1) is 16.9. The van der Waals surface area contributed by atoms with Gasteiger partial charge in [0.25, 0.3) is 0 Å². The summed E-state index contributed by atoms with van der Waals surface area (Å²) in [6.45, 7) is 1.19. The van der Waals surface area contributed by atoms with Gasteiger partial charge in [-0.1, -0.05) is 41.9 Å². The number of carboxylic acid groups (broad SMARTS) is 1. The molecule has 5 heteroatoms. The van der Waals surface area contributed by atoms with Crippen LogP contribution in [0.5, 0.6) is 0 Å². The van der Waals surface area contributed by atoms with Crippen LogP contribution in [0.2, 0.25) is 5.02 Å². The lowest BCUT2D eigenvalue weighted by Crippen LogP contribution is -2.41. The molecular weight excluding hydrogens is 329 g/mol. The lowest BCUT2D eigenvalue weighted by atomic mass is 9.91. The number of rotatable bonds is 4. The topological polar surface area (TPSA) is 40.5 Å². The summed E-state index contributed by atoms with van der Waals surface area (Å²) in [4.78, 5) is 13.5. The van der Waals surface area contributed by atoms with Gasteiger partial charge in [-0.05, 0) is 48.7 Å². The van der Waals surface area contributed by atoms with Gasteiger partial charge in [0.2, 0.25) is 0 Å². The number of halogens is 2. The molecule has 1 aliphatic rings. The number of aliphatic carboxylic acids is 1. The van der Waals surface area contributed by atoms with E-state index in [2.05, 4.69) is 4.90 Å². The van der Waals surface area contributed by atoms with Crippen molar-refractivity contribution in [1.29, 1.82) is 0 Å². The average molecular weight is 348 g/mol. The molecule has 1 fully saturated rings. The van der Waals surface area contributed by atoms with E-state index < -0.39 is 11.9 Å². The molecular formula is C19H19ClFNO2. The van der Waals surface area contributed by atoms with Crippen molar-refractivity contribution in [2.45, 2.75) is 18.9 Å². The predicted molar refractivity (Wildman–Crippen MR) is 91.6 cm³/mol. The summed E-state index contributed by atoms with van der Waals surface area (Å²) in [5, 5.41) is 9.97. The molecule has 2 atom stereocenters. The van der Waals surface area contributed by atoms with Gasteiger partial charge in [0.05, 0.1) is 12.0 Å². The van der Waals surface area contributed by atoms with Gasteiger partial charge in [-0.2, -0.15) is 0 Å². The molecule has 126 valence electrons. The molecule has 3 rings (SSSR count). The zero-order chi connectivity index (χ0) is 17.1. The quantitative estimate of drug-likeness (QED) is 0.893. The Kier molecular flexibility index (Phi) is 5.17. The minimum absolute atomic E-state index is 0.253. The highest BCUT2D eigenvalue weighted by Crippen LogP contribution is 2.36. The number of carboxylic acids is 1. The summed E-state index contributed by atoms with van der Waals surface area (Å²) < 4.78 is 13.8. The van der Waals surface area contributed by atoms with Crippen molar-refractivity contribution in [1.82, 2.24) is 4.90 Å². The SMILES string of the molecule is O=C(O)C1CCCN(C(c2cccc(F)c2)c2ccccc2Cl)C1. The molecule has 3 nitrogen and oxygen atoms in total. The van der Waals surface area contributed by atoms with Gasteiger partial charge in [0.1, 0.15) is 5.82 Å². The largest absolute Gasteiger partial charge is 0.481 e. The Morgan fingerprint density at radius 1 is 1.25 bits per heavy atom. The lowest BCUT2D eigenvalue weighted by Gasteiger charge is -2.38. The summed E-state index contributed by atoms with van der Waals surface area (Å²) >= 11 is 6.39. The molecule has 1 heterocycles.